The van der Waals surface area contributed by atoms with E-state index in [0.29, 0.717) is 30.1 Å². The summed E-state index contributed by atoms with van der Waals surface area (Å²) in [4.78, 5) is 15.4. The number of unbranched alkanes of at least 4 members (excludes halogenated alkanes) is 1. The molecule has 1 aliphatic rings. The summed E-state index contributed by atoms with van der Waals surface area (Å²) in [6.45, 7) is 3.38. The molecule has 0 unspecified atom stereocenters. The maximum absolute atomic E-state index is 13.5. The molecular formula is C29H29N3O3. The number of fused-ring (bicyclic) bond motifs is 1. The quantitative estimate of drug-likeness (QED) is 0.307. The molecule has 3 aromatic carbocycles. The van der Waals surface area contributed by atoms with E-state index in [9.17, 15) is 9.90 Å². The maximum Gasteiger partial charge on any atom is 0.273 e. The van der Waals surface area contributed by atoms with Crippen LogP contribution < -0.4 is 4.74 Å². The number of nitrogens with zero attached hydrogens (tertiary/aromatic N) is 2. The van der Waals surface area contributed by atoms with Gasteiger partial charge in [-0.3, -0.25) is 9.89 Å². The molecule has 6 heteroatoms. The van der Waals surface area contributed by atoms with Crippen molar-refractivity contribution < 1.29 is 14.6 Å². The zero-order chi connectivity index (χ0) is 24.2. The lowest BCUT2D eigenvalue weighted by Gasteiger charge is -2.26. The van der Waals surface area contributed by atoms with Gasteiger partial charge in [-0.2, -0.15) is 5.10 Å². The van der Waals surface area contributed by atoms with Crippen LogP contribution in [-0.4, -0.2) is 39.3 Å². The van der Waals surface area contributed by atoms with E-state index in [1.165, 1.54) is 5.56 Å². The van der Waals surface area contributed by atoms with Crippen molar-refractivity contribution >= 4 is 5.91 Å². The van der Waals surface area contributed by atoms with Crippen molar-refractivity contribution in [1.82, 2.24) is 15.1 Å². The summed E-state index contributed by atoms with van der Waals surface area (Å²) in [5.74, 6) is 0.865. The van der Waals surface area contributed by atoms with Crippen molar-refractivity contribution in [1.29, 1.82) is 0 Å². The number of aromatic amines is 1. The molecule has 2 N–H and O–H groups in total. The Bertz CT molecular complexity index is 1300. The number of hydrogen-bond donors (Lipinski definition) is 2. The standard InChI is InChI=1S/C29H29N3O3/c1-2-3-19-35-22-15-13-21(14-16-22)28-25-26(23-11-7-8-12-24(23)33)30-31-27(25)29(34)32(28)18-17-20-9-5-4-6-10-20/h4-16,28,33H,2-3,17-19H2,1H3,(H,30,31)/t28-/m0/s1. The van der Waals surface area contributed by atoms with Crippen LogP contribution in [0.5, 0.6) is 11.5 Å². The van der Waals surface area contributed by atoms with Gasteiger partial charge in [-0.05, 0) is 48.2 Å². The number of nitrogens with one attached hydrogen (secondary N) is 1. The SMILES string of the molecule is CCCCOc1ccc([C@H]2c3c(-c4ccccc4O)n[nH]c3C(=O)N2CCc2ccccc2)cc1. The zero-order valence-electron chi connectivity index (χ0n) is 19.8. The van der Waals surface area contributed by atoms with E-state index in [1.54, 1.807) is 12.1 Å². The highest BCUT2D eigenvalue weighted by Gasteiger charge is 2.42. The Balaban J connectivity index is 1.52. The van der Waals surface area contributed by atoms with Crippen LogP contribution in [0.2, 0.25) is 0 Å². The third-order valence-electron chi connectivity index (χ3n) is 6.47. The predicted octanol–water partition coefficient (Wildman–Crippen LogP) is 5.75. The van der Waals surface area contributed by atoms with Crippen molar-refractivity contribution in [3.8, 4) is 22.8 Å². The molecule has 0 aliphatic carbocycles. The van der Waals surface area contributed by atoms with Gasteiger partial charge < -0.3 is 14.7 Å². The second-order valence-electron chi connectivity index (χ2n) is 8.79. The van der Waals surface area contributed by atoms with Crippen molar-refractivity contribution in [3.05, 3.63) is 101 Å². The van der Waals surface area contributed by atoms with E-state index in [-0.39, 0.29) is 17.7 Å². The molecule has 178 valence electrons. The molecule has 35 heavy (non-hydrogen) atoms. The topological polar surface area (TPSA) is 78.5 Å². The third kappa shape index (κ3) is 4.52. The summed E-state index contributed by atoms with van der Waals surface area (Å²) in [5, 5.41) is 17.9. The number of H-pyrrole nitrogens is 1. The molecule has 0 spiro atoms. The van der Waals surface area contributed by atoms with Crippen LogP contribution in [0.3, 0.4) is 0 Å². The number of ether oxygens (including phenoxy) is 1. The first-order valence-electron chi connectivity index (χ1n) is 12.1. The first-order valence-corrected chi connectivity index (χ1v) is 12.1. The fraction of sp³-hybridized carbons (Fsp3) is 0.241. The van der Waals surface area contributed by atoms with Crippen LogP contribution >= 0.6 is 0 Å². The van der Waals surface area contributed by atoms with Crippen molar-refractivity contribution in [3.63, 3.8) is 0 Å². The molecule has 1 amide bonds. The summed E-state index contributed by atoms with van der Waals surface area (Å²) in [6.07, 6.45) is 2.83. The first-order chi connectivity index (χ1) is 17.2. The number of aromatic hydroxyl groups is 1. The maximum atomic E-state index is 13.5. The van der Waals surface area contributed by atoms with Crippen LogP contribution in [0.25, 0.3) is 11.3 Å². The number of hydrogen-bond acceptors (Lipinski definition) is 4. The molecule has 0 bridgehead atoms. The van der Waals surface area contributed by atoms with Gasteiger partial charge in [0.15, 0.2) is 0 Å². The molecule has 0 saturated heterocycles. The highest BCUT2D eigenvalue weighted by Crippen LogP contribution is 2.44. The molecule has 6 nitrogen and oxygen atoms in total. The van der Waals surface area contributed by atoms with E-state index in [2.05, 4.69) is 29.3 Å². The van der Waals surface area contributed by atoms with Crippen molar-refractivity contribution in [2.24, 2.45) is 0 Å². The number of carbonyl (C=O) groups excluding carboxylic acids is 1. The van der Waals surface area contributed by atoms with Gasteiger partial charge in [-0.15, -0.1) is 0 Å². The van der Waals surface area contributed by atoms with Crippen LogP contribution in [0.1, 0.15) is 53.0 Å². The summed E-state index contributed by atoms with van der Waals surface area (Å²) in [6, 6.07) is 24.9. The van der Waals surface area contributed by atoms with Gasteiger partial charge in [-0.1, -0.05) is 67.9 Å². The van der Waals surface area contributed by atoms with Gasteiger partial charge in [0.2, 0.25) is 0 Å². The van der Waals surface area contributed by atoms with E-state index >= 15 is 0 Å². The van der Waals surface area contributed by atoms with Gasteiger partial charge in [-0.25, -0.2) is 0 Å². The Labute approximate surface area is 205 Å². The average Bonchev–Trinajstić information content (AvgIpc) is 3.43. The van der Waals surface area contributed by atoms with Gasteiger partial charge in [0.25, 0.3) is 5.91 Å². The van der Waals surface area contributed by atoms with E-state index < -0.39 is 0 Å². The van der Waals surface area contributed by atoms with E-state index in [0.717, 1.165) is 36.1 Å². The van der Waals surface area contributed by atoms with Crippen molar-refractivity contribution in [2.45, 2.75) is 32.2 Å². The zero-order valence-corrected chi connectivity index (χ0v) is 19.8. The number of amides is 1. The first kappa shape index (κ1) is 22.7. The molecule has 4 aromatic rings. The molecular weight excluding hydrogens is 438 g/mol. The van der Waals surface area contributed by atoms with Crippen molar-refractivity contribution in [2.75, 3.05) is 13.2 Å². The third-order valence-corrected chi connectivity index (χ3v) is 6.47. The fourth-order valence-corrected chi connectivity index (χ4v) is 4.63. The molecule has 1 atom stereocenters. The second kappa shape index (κ2) is 10.1. The molecule has 5 rings (SSSR count). The summed E-state index contributed by atoms with van der Waals surface area (Å²) in [7, 11) is 0. The molecule has 2 heterocycles. The summed E-state index contributed by atoms with van der Waals surface area (Å²) in [5.41, 5.74) is 4.63. The highest BCUT2D eigenvalue weighted by molar-refractivity contribution is 6.00. The number of para-hydroxylation sites is 1. The molecule has 1 aliphatic heterocycles. The number of aromatic nitrogens is 2. The smallest absolute Gasteiger partial charge is 0.273 e. The minimum Gasteiger partial charge on any atom is -0.507 e. The lowest BCUT2D eigenvalue weighted by atomic mass is 9.95. The number of benzene rings is 3. The Hall–Kier alpha value is -4.06. The number of phenolic OH excluding ortho intramolecular Hbond substituents is 1. The van der Waals surface area contributed by atoms with E-state index in [1.807, 2.05) is 59.5 Å². The minimum absolute atomic E-state index is 0.0848. The fourth-order valence-electron chi connectivity index (χ4n) is 4.63. The largest absolute Gasteiger partial charge is 0.507 e. The normalized spacial score (nSPS) is 14.8. The second-order valence-corrected chi connectivity index (χ2v) is 8.79. The molecule has 1 aromatic heterocycles. The van der Waals surface area contributed by atoms with Crippen LogP contribution in [0, 0.1) is 0 Å². The molecule has 0 saturated carbocycles. The van der Waals surface area contributed by atoms with E-state index in [4.69, 9.17) is 4.74 Å². The average molecular weight is 468 g/mol. The number of rotatable bonds is 9. The summed E-state index contributed by atoms with van der Waals surface area (Å²) < 4.78 is 5.85. The molecule has 0 fully saturated rings. The monoisotopic (exact) mass is 467 g/mol. The lowest BCUT2D eigenvalue weighted by molar-refractivity contribution is 0.0746. The number of carbonyl (C=O) groups is 1. The van der Waals surface area contributed by atoms with Gasteiger partial charge in [0.1, 0.15) is 22.9 Å². The van der Waals surface area contributed by atoms with Gasteiger partial charge in [0.05, 0.1) is 12.6 Å². The Morgan fingerprint density at radius 3 is 2.49 bits per heavy atom. The summed E-state index contributed by atoms with van der Waals surface area (Å²) >= 11 is 0. The van der Waals surface area contributed by atoms with Gasteiger partial charge in [0, 0.05) is 17.7 Å². The van der Waals surface area contributed by atoms with Crippen LogP contribution in [0.15, 0.2) is 78.9 Å². The Kier molecular flexibility index (Phi) is 6.53. The number of phenols is 1. The van der Waals surface area contributed by atoms with Crippen LogP contribution in [0.4, 0.5) is 0 Å². The Morgan fingerprint density at radius 2 is 1.74 bits per heavy atom. The Morgan fingerprint density at radius 1 is 1.00 bits per heavy atom. The lowest BCUT2D eigenvalue weighted by Crippen LogP contribution is -2.31. The van der Waals surface area contributed by atoms with Gasteiger partial charge >= 0.3 is 0 Å². The minimum atomic E-state index is -0.320. The molecule has 0 radical (unpaired) electrons. The predicted molar refractivity (Wildman–Crippen MR) is 136 cm³/mol. The van der Waals surface area contributed by atoms with Crippen LogP contribution in [-0.2, 0) is 6.42 Å². The highest BCUT2D eigenvalue weighted by atomic mass is 16.5.